The molecular formula is C20H33N5O5S. The molecule has 1 aromatic rings. The lowest BCUT2D eigenvalue weighted by atomic mass is 10.2. The van der Waals surface area contributed by atoms with Crippen LogP contribution in [0.5, 0.6) is 0 Å². The lowest BCUT2D eigenvalue weighted by Crippen LogP contribution is -2.50. The third-order valence-electron chi connectivity index (χ3n) is 5.59. The summed E-state index contributed by atoms with van der Waals surface area (Å²) in [6.45, 7) is 10.5. The maximum atomic E-state index is 12.7. The molecule has 174 valence electrons. The van der Waals surface area contributed by atoms with Crippen LogP contribution in [-0.2, 0) is 14.8 Å². The number of nitro benzene ring substituents is 1. The van der Waals surface area contributed by atoms with Crippen molar-refractivity contribution in [1.29, 1.82) is 0 Å². The summed E-state index contributed by atoms with van der Waals surface area (Å²) >= 11 is 0. The highest BCUT2D eigenvalue weighted by atomic mass is 32.2. The van der Waals surface area contributed by atoms with Gasteiger partial charge in [0.15, 0.2) is 0 Å². The Morgan fingerprint density at radius 2 is 1.81 bits per heavy atom. The molecule has 0 saturated carbocycles. The van der Waals surface area contributed by atoms with Gasteiger partial charge < -0.3 is 10.2 Å². The fourth-order valence-electron chi connectivity index (χ4n) is 3.56. The van der Waals surface area contributed by atoms with E-state index in [4.69, 9.17) is 0 Å². The number of anilines is 1. The molecule has 1 saturated heterocycles. The Hall–Kier alpha value is -2.24. The Kier molecular flexibility index (Phi) is 8.78. The van der Waals surface area contributed by atoms with Crippen LogP contribution < -0.4 is 10.2 Å². The molecule has 1 aromatic carbocycles. The van der Waals surface area contributed by atoms with Crippen LogP contribution in [0.15, 0.2) is 23.1 Å². The number of hydrogen-bond donors (Lipinski definition) is 1. The average Bonchev–Trinajstić information content (AvgIpc) is 2.74. The summed E-state index contributed by atoms with van der Waals surface area (Å²) in [6.07, 6.45) is 0.864. The molecule has 0 radical (unpaired) electrons. The fraction of sp³-hybridized carbons (Fsp3) is 0.650. The smallest absolute Gasteiger partial charge is 0.293 e. The van der Waals surface area contributed by atoms with Gasteiger partial charge in [-0.3, -0.25) is 19.8 Å². The van der Waals surface area contributed by atoms with Crippen molar-refractivity contribution in [2.75, 3.05) is 50.7 Å². The number of carbonyl (C=O) groups is 1. The Morgan fingerprint density at radius 3 is 2.32 bits per heavy atom. The summed E-state index contributed by atoms with van der Waals surface area (Å²) in [6, 6.07) is 4.22. The molecule has 0 bridgehead atoms. The van der Waals surface area contributed by atoms with Crippen LogP contribution in [0.25, 0.3) is 0 Å². The predicted octanol–water partition coefficient (Wildman–Crippen LogP) is 1.66. The number of hydrogen-bond acceptors (Lipinski definition) is 7. The second-order valence-corrected chi connectivity index (χ2v) is 9.57. The van der Waals surface area contributed by atoms with E-state index in [1.807, 2.05) is 23.6 Å². The predicted molar refractivity (Wildman–Crippen MR) is 120 cm³/mol. The van der Waals surface area contributed by atoms with Crippen LogP contribution in [-0.4, -0.2) is 80.3 Å². The van der Waals surface area contributed by atoms with Gasteiger partial charge >= 0.3 is 0 Å². The molecule has 2 rings (SSSR count). The van der Waals surface area contributed by atoms with Crippen LogP contribution >= 0.6 is 0 Å². The molecule has 1 amide bonds. The lowest BCUT2D eigenvalue weighted by molar-refractivity contribution is -0.384. The second-order valence-electron chi connectivity index (χ2n) is 7.64. The van der Waals surface area contributed by atoms with Crippen LogP contribution in [0.1, 0.15) is 34.1 Å². The Bertz CT molecular complexity index is 880. The molecule has 0 aromatic heterocycles. The summed E-state index contributed by atoms with van der Waals surface area (Å²) in [7, 11) is -3.78. The van der Waals surface area contributed by atoms with Crippen LogP contribution in [0.2, 0.25) is 0 Å². The quantitative estimate of drug-likeness (QED) is 0.421. The molecule has 1 aliphatic rings. The number of piperazine rings is 1. The van der Waals surface area contributed by atoms with Crippen molar-refractivity contribution in [2.45, 2.75) is 45.1 Å². The average molecular weight is 456 g/mol. The zero-order chi connectivity index (χ0) is 23.2. The lowest BCUT2D eigenvalue weighted by Gasteiger charge is -2.35. The van der Waals surface area contributed by atoms with E-state index < -0.39 is 14.9 Å². The van der Waals surface area contributed by atoms with Crippen LogP contribution in [0, 0.1) is 10.1 Å². The van der Waals surface area contributed by atoms with E-state index >= 15 is 0 Å². The van der Waals surface area contributed by atoms with Crippen LogP contribution in [0.3, 0.4) is 0 Å². The summed E-state index contributed by atoms with van der Waals surface area (Å²) < 4.78 is 26.8. The van der Waals surface area contributed by atoms with Gasteiger partial charge in [0.05, 0.1) is 16.4 Å². The third kappa shape index (κ3) is 6.14. The normalized spacial score (nSPS) is 16.4. The molecule has 1 atom stereocenters. The first kappa shape index (κ1) is 25.0. The van der Waals surface area contributed by atoms with Crippen molar-refractivity contribution in [1.82, 2.24) is 14.5 Å². The van der Waals surface area contributed by atoms with Gasteiger partial charge in [-0.15, -0.1) is 0 Å². The molecule has 11 heteroatoms. The van der Waals surface area contributed by atoms with Gasteiger partial charge in [-0.1, -0.05) is 20.8 Å². The summed E-state index contributed by atoms with van der Waals surface area (Å²) in [4.78, 5) is 27.1. The third-order valence-corrected chi connectivity index (χ3v) is 7.63. The van der Waals surface area contributed by atoms with Crippen molar-refractivity contribution in [3.8, 4) is 0 Å². The van der Waals surface area contributed by atoms with Crippen LogP contribution in [0.4, 0.5) is 11.4 Å². The number of rotatable bonds is 10. The van der Waals surface area contributed by atoms with Gasteiger partial charge in [-0.2, -0.15) is 4.31 Å². The van der Waals surface area contributed by atoms with E-state index in [-0.39, 0.29) is 22.5 Å². The molecule has 1 fully saturated rings. The highest BCUT2D eigenvalue weighted by Gasteiger charge is 2.29. The van der Waals surface area contributed by atoms with Gasteiger partial charge in [0.1, 0.15) is 5.69 Å². The minimum Gasteiger partial charge on any atom is -0.363 e. The van der Waals surface area contributed by atoms with Crippen molar-refractivity contribution in [3.05, 3.63) is 28.3 Å². The van der Waals surface area contributed by atoms with E-state index in [0.29, 0.717) is 51.5 Å². The number of carbonyl (C=O) groups excluding carboxylic acids is 1. The van der Waals surface area contributed by atoms with Gasteiger partial charge in [-0.05, 0) is 25.5 Å². The monoisotopic (exact) mass is 455 g/mol. The Labute approximate surface area is 184 Å². The highest BCUT2D eigenvalue weighted by molar-refractivity contribution is 7.89. The van der Waals surface area contributed by atoms with Gasteiger partial charge in [0.25, 0.3) is 5.69 Å². The van der Waals surface area contributed by atoms with E-state index in [0.717, 1.165) is 12.5 Å². The molecule has 0 spiro atoms. The Balaban J connectivity index is 2.14. The standard InChI is InChI=1S/C20H33N5O5S/c1-5-16(4)21-20(26)15-22-10-12-23(13-11-22)18-9-8-17(14-19(18)25(27)28)31(29,30)24(6-2)7-3/h8-9,14,16H,5-7,10-13,15H2,1-4H3,(H,21,26). The summed E-state index contributed by atoms with van der Waals surface area (Å²) in [5.41, 5.74) is 0.170. The van der Waals surface area contributed by atoms with E-state index in [9.17, 15) is 23.3 Å². The highest BCUT2D eigenvalue weighted by Crippen LogP contribution is 2.32. The molecule has 1 unspecified atom stereocenters. The van der Waals surface area contributed by atoms with Gasteiger partial charge in [-0.25, -0.2) is 8.42 Å². The second kappa shape index (κ2) is 10.9. The van der Waals surface area contributed by atoms with Gasteiger partial charge in [0.2, 0.25) is 15.9 Å². The van der Waals surface area contributed by atoms with Crippen molar-refractivity contribution < 1.29 is 18.1 Å². The number of sulfonamides is 1. The van der Waals surface area contributed by atoms with E-state index in [1.54, 1.807) is 13.8 Å². The number of nitrogens with zero attached hydrogens (tertiary/aromatic N) is 4. The van der Waals surface area contributed by atoms with Crippen molar-refractivity contribution >= 4 is 27.3 Å². The molecular weight excluding hydrogens is 422 g/mol. The number of amides is 1. The number of benzene rings is 1. The largest absolute Gasteiger partial charge is 0.363 e. The van der Waals surface area contributed by atoms with Crippen molar-refractivity contribution in [2.24, 2.45) is 0 Å². The minimum absolute atomic E-state index is 0.0280. The summed E-state index contributed by atoms with van der Waals surface area (Å²) in [5.74, 6) is -0.0280. The fourth-order valence-corrected chi connectivity index (χ4v) is 5.04. The maximum absolute atomic E-state index is 12.7. The van der Waals surface area contributed by atoms with Crippen molar-refractivity contribution in [3.63, 3.8) is 0 Å². The first-order chi connectivity index (χ1) is 14.6. The molecule has 1 N–H and O–H groups in total. The molecule has 31 heavy (non-hydrogen) atoms. The number of nitrogens with one attached hydrogen (secondary N) is 1. The minimum atomic E-state index is -3.78. The van der Waals surface area contributed by atoms with E-state index in [2.05, 4.69) is 5.32 Å². The maximum Gasteiger partial charge on any atom is 0.293 e. The topological polar surface area (TPSA) is 116 Å². The molecule has 0 aliphatic carbocycles. The zero-order valence-electron chi connectivity index (χ0n) is 18.7. The molecule has 1 heterocycles. The molecule has 10 nitrogen and oxygen atoms in total. The SMILES string of the molecule is CCC(C)NC(=O)CN1CCN(c2ccc(S(=O)(=O)N(CC)CC)cc2[N+](=O)[O-])CC1. The zero-order valence-corrected chi connectivity index (χ0v) is 19.5. The van der Waals surface area contributed by atoms with Gasteiger partial charge in [0, 0.05) is 51.4 Å². The Morgan fingerprint density at radius 1 is 1.19 bits per heavy atom. The first-order valence-corrected chi connectivity index (χ1v) is 12.1. The first-order valence-electron chi connectivity index (χ1n) is 10.7. The summed E-state index contributed by atoms with van der Waals surface area (Å²) in [5, 5.41) is 14.6. The molecule has 1 aliphatic heterocycles. The van der Waals surface area contributed by atoms with E-state index in [1.165, 1.54) is 16.4 Å². The number of nitro groups is 1.